The minimum absolute atomic E-state index is 0.349. The summed E-state index contributed by atoms with van der Waals surface area (Å²) in [6, 6.07) is 12.9. The van der Waals surface area contributed by atoms with Crippen molar-refractivity contribution in [2.75, 3.05) is 15.9 Å². The number of para-hydroxylation sites is 1. The van der Waals surface area contributed by atoms with Crippen molar-refractivity contribution in [2.45, 2.75) is 26.3 Å². The fourth-order valence-corrected chi connectivity index (χ4v) is 3.96. The summed E-state index contributed by atoms with van der Waals surface area (Å²) in [6.07, 6.45) is 1.83. The lowest BCUT2D eigenvalue weighted by atomic mass is 10.1. The fraction of sp³-hybridized carbons (Fsp3) is 0.278. The van der Waals surface area contributed by atoms with E-state index in [9.17, 15) is 13.2 Å². The summed E-state index contributed by atoms with van der Waals surface area (Å²) in [5, 5.41) is 3.22. The van der Waals surface area contributed by atoms with E-state index in [0.717, 1.165) is 22.5 Å². The van der Waals surface area contributed by atoms with E-state index < -0.39 is 22.0 Å². The molecule has 7 heteroatoms. The zero-order chi connectivity index (χ0) is 18.6. The van der Waals surface area contributed by atoms with Crippen LogP contribution in [0.2, 0.25) is 5.02 Å². The SMILES string of the molecule is CCc1ccccc1NC(=O)[C@H](C)N(c1cccc(Cl)c1)S(C)(=O)=O. The predicted molar refractivity (Wildman–Crippen MR) is 103 cm³/mol. The number of sulfonamides is 1. The highest BCUT2D eigenvalue weighted by atomic mass is 35.5. The van der Waals surface area contributed by atoms with Crippen LogP contribution in [-0.4, -0.2) is 26.6 Å². The van der Waals surface area contributed by atoms with Crippen LogP contribution in [0.15, 0.2) is 48.5 Å². The molecule has 0 saturated carbocycles. The Balaban J connectivity index is 2.33. The summed E-state index contributed by atoms with van der Waals surface area (Å²) in [6.45, 7) is 3.54. The average Bonchev–Trinajstić information content (AvgIpc) is 2.54. The number of hydrogen-bond donors (Lipinski definition) is 1. The molecule has 0 aliphatic heterocycles. The third-order valence-corrected chi connectivity index (χ3v) is 5.28. The number of aryl methyl sites for hydroxylation is 1. The van der Waals surface area contributed by atoms with Crippen LogP contribution in [0.3, 0.4) is 0 Å². The molecule has 5 nitrogen and oxygen atoms in total. The molecule has 0 unspecified atom stereocenters. The Labute approximate surface area is 153 Å². The number of hydrogen-bond acceptors (Lipinski definition) is 3. The van der Waals surface area contributed by atoms with Crippen LogP contribution in [0.25, 0.3) is 0 Å². The normalized spacial score (nSPS) is 12.5. The second-order valence-electron chi connectivity index (χ2n) is 5.71. The molecule has 0 aliphatic carbocycles. The van der Waals surface area contributed by atoms with Crippen molar-refractivity contribution in [3.63, 3.8) is 0 Å². The first-order chi connectivity index (χ1) is 11.7. The van der Waals surface area contributed by atoms with Gasteiger partial charge in [-0.3, -0.25) is 9.10 Å². The fourth-order valence-electron chi connectivity index (χ4n) is 2.61. The minimum atomic E-state index is -3.67. The zero-order valence-electron chi connectivity index (χ0n) is 14.4. The van der Waals surface area contributed by atoms with Crippen LogP contribution in [0, 0.1) is 0 Å². The van der Waals surface area contributed by atoms with E-state index in [4.69, 9.17) is 11.6 Å². The van der Waals surface area contributed by atoms with Gasteiger partial charge in [0.15, 0.2) is 0 Å². The Morgan fingerprint density at radius 2 is 1.88 bits per heavy atom. The zero-order valence-corrected chi connectivity index (χ0v) is 15.9. The first kappa shape index (κ1) is 19.3. The van der Waals surface area contributed by atoms with Gasteiger partial charge in [0.2, 0.25) is 15.9 Å². The van der Waals surface area contributed by atoms with Crippen molar-refractivity contribution in [1.82, 2.24) is 0 Å². The number of nitrogens with zero attached hydrogens (tertiary/aromatic N) is 1. The van der Waals surface area contributed by atoms with Crippen LogP contribution >= 0.6 is 11.6 Å². The highest BCUT2D eigenvalue weighted by Crippen LogP contribution is 2.25. The summed E-state index contributed by atoms with van der Waals surface area (Å²) in [4.78, 5) is 12.7. The number of nitrogens with one attached hydrogen (secondary N) is 1. The quantitative estimate of drug-likeness (QED) is 0.830. The van der Waals surface area contributed by atoms with Gasteiger partial charge in [-0.25, -0.2) is 8.42 Å². The molecule has 0 bridgehead atoms. The molecule has 0 spiro atoms. The van der Waals surface area contributed by atoms with Crippen LogP contribution in [0.5, 0.6) is 0 Å². The van der Waals surface area contributed by atoms with Gasteiger partial charge in [-0.1, -0.05) is 42.8 Å². The van der Waals surface area contributed by atoms with Crippen molar-refractivity contribution in [1.29, 1.82) is 0 Å². The molecular formula is C18H21ClN2O3S. The standard InChI is InChI=1S/C18H21ClN2O3S/c1-4-14-8-5-6-11-17(14)20-18(22)13(2)21(25(3,23)24)16-10-7-9-15(19)12-16/h5-13H,4H2,1-3H3,(H,20,22)/t13-/m0/s1. The first-order valence-corrected chi connectivity index (χ1v) is 10.1. The van der Waals surface area contributed by atoms with Crippen molar-refractivity contribution in [3.05, 3.63) is 59.1 Å². The van der Waals surface area contributed by atoms with E-state index in [1.165, 1.54) is 6.07 Å². The smallest absolute Gasteiger partial charge is 0.248 e. The molecule has 0 fully saturated rings. The van der Waals surface area contributed by atoms with E-state index in [0.29, 0.717) is 16.4 Å². The molecular weight excluding hydrogens is 360 g/mol. The summed E-state index contributed by atoms with van der Waals surface area (Å²) < 4.78 is 25.6. The van der Waals surface area contributed by atoms with E-state index in [-0.39, 0.29) is 0 Å². The number of halogens is 1. The van der Waals surface area contributed by atoms with Crippen molar-refractivity contribution < 1.29 is 13.2 Å². The Hall–Kier alpha value is -2.05. The maximum absolute atomic E-state index is 12.7. The Morgan fingerprint density at radius 3 is 2.48 bits per heavy atom. The molecule has 0 heterocycles. The largest absolute Gasteiger partial charge is 0.324 e. The van der Waals surface area contributed by atoms with Gasteiger partial charge in [0.1, 0.15) is 6.04 Å². The molecule has 0 aromatic heterocycles. The predicted octanol–water partition coefficient (Wildman–Crippen LogP) is 3.70. The van der Waals surface area contributed by atoms with E-state index in [1.807, 2.05) is 25.1 Å². The molecule has 0 aliphatic rings. The molecule has 134 valence electrons. The van der Waals surface area contributed by atoms with Crippen LogP contribution in [-0.2, 0) is 21.2 Å². The van der Waals surface area contributed by atoms with Crippen LogP contribution in [0.4, 0.5) is 11.4 Å². The molecule has 2 rings (SSSR count). The Bertz CT molecular complexity index is 868. The second kappa shape index (κ2) is 7.89. The Kier molecular flexibility index (Phi) is 6.08. The van der Waals surface area contributed by atoms with Crippen molar-refractivity contribution in [2.24, 2.45) is 0 Å². The van der Waals surface area contributed by atoms with E-state index in [2.05, 4.69) is 5.32 Å². The molecule has 1 N–H and O–H groups in total. The molecule has 2 aromatic carbocycles. The molecule has 1 atom stereocenters. The highest BCUT2D eigenvalue weighted by Gasteiger charge is 2.29. The van der Waals surface area contributed by atoms with Gasteiger partial charge in [-0.2, -0.15) is 0 Å². The third kappa shape index (κ3) is 4.74. The first-order valence-electron chi connectivity index (χ1n) is 7.87. The number of benzene rings is 2. The topological polar surface area (TPSA) is 66.5 Å². The number of rotatable bonds is 6. The summed E-state index contributed by atoms with van der Waals surface area (Å²) in [5.74, 6) is -0.411. The maximum Gasteiger partial charge on any atom is 0.248 e. The molecule has 2 aromatic rings. The lowest BCUT2D eigenvalue weighted by molar-refractivity contribution is -0.116. The summed E-state index contributed by atoms with van der Waals surface area (Å²) in [5.41, 5.74) is 2.01. The van der Waals surface area contributed by atoms with Crippen molar-refractivity contribution in [3.8, 4) is 0 Å². The molecule has 0 saturated heterocycles. The van der Waals surface area contributed by atoms with Crippen LogP contribution < -0.4 is 9.62 Å². The molecule has 1 amide bonds. The minimum Gasteiger partial charge on any atom is -0.324 e. The average molecular weight is 381 g/mol. The van der Waals surface area contributed by atoms with Gasteiger partial charge in [0.05, 0.1) is 11.9 Å². The van der Waals surface area contributed by atoms with Gasteiger partial charge >= 0.3 is 0 Å². The van der Waals surface area contributed by atoms with Gasteiger partial charge in [-0.05, 0) is 43.2 Å². The summed E-state index contributed by atoms with van der Waals surface area (Å²) >= 11 is 5.97. The van der Waals surface area contributed by atoms with Gasteiger partial charge in [0.25, 0.3) is 0 Å². The van der Waals surface area contributed by atoms with Gasteiger partial charge in [-0.15, -0.1) is 0 Å². The van der Waals surface area contributed by atoms with E-state index >= 15 is 0 Å². The van der Waals surface area contributed by atoms with E-state index in [1.54, 1.807) is 31.2 Å². The summed E-state index contributed by atoms with van der Waals surface area (Å²) in [7, 11) is -3.67. The monoisotopic (exact) mass is 380 g/mol. The molecule has 0 radical (unpaired) electrons. The molecule has 25 heavy (non-hydrogen) atoms. The number of carbonyl (C=O) groups excluding carboxylic acids is 1. The number of carbonyl (C=O) groups is 1. The van der Waals surface area contributed by atoms with Crippen molar-refractivity contribution >= 4 is 38.9 Å². The lowest BCUT2D eigenvalue weighted by Crippen LogP contribution is -2.45. The second-order valence-corrected chi connectivity index (χ2v) is 8.01. The number of amides is 1. The van der Waals surface area contributed by atoms with Gasteiger partial charge < -0.3 is 5.32 Å². The third-order valence-electron chi connectivity index (χ3n) is 3.81. The number of anilines is 2. The van der Waals surface area contributed by atoms with Crippen LogP contribution in [0.1, 0.15) is 19.4 Å². The Morgan fingerprint density at radius 1 is 1.20 bits per heavy atom. The maximum atomic E-state index is 12.7. The highest BCUT2D eigenvalue weighted by molar-refractivity contribution is 7.92. The lowest BCUT2D eigenvalue weighted by Gasteiger charge is -2.28. The van der Waals surface area contributed by atoms with Gasteiger partial charge in [0, 0.05) is 10.7 Å².